The number of hydrogen-bond donors (Lipinski definition) is 1. The SMILES string of the molecule is CC(Nc1ccn(C(C)C)n1)C1CC1. The molecule has 0 bridgehead atoms. The van der Waals surface area contributed by atoms with Gasteiger partial charge in [-0.05, 0) is 39.5 Å². The van der Waals surface area contributed by atoms with Gasteiger partial charge in [0.25, 0.3) is 0 Å². The quantitative estimate of drug-likeness (QED) is 0.796. The molecule has 0 saturated heterocycles. The average Bonchev–Trinajstić information content (AvgIpc) is 2.87. The zero-order chi connectivity index (χ0) is 10.1. The number of anilines is 1. The van der Waals surface area contributed by atoms with Crippen LogP contribution in [-0.4, -0.2) is 15.8 Å². The standard InChI is InChI=1S/C11H19N3/c1-8(2)14-7-6-11(13-14)12-9(3)10-4-5-10/h6-10H,4-5H2,1-3H3,(H,12,13). The lowest BCUT2D eigenvalue weighted by Crippen LogP contribution is -2.17. The number of nitrogens with one attached hydrogen (secondary N) is 1. The highest BCUT2D eigenvalue weighted by molar-refractivity contribution is 5.34. The minimum atomic E-state index is 0.446. The predicted molar refractivity (Wildman–Crippen MR) is 58.4 cm³/mol. The normalized spacial score (nSPS) is 18.6. The maximum absolute atomic E-state index is 4.47. The molecule has 0 aromatic carbocycles. The Bertz CT molecular complexity index is 299. The lowest BCUT2D eigenvalue weighted by molar-refractivity contribution is 0.532. The Hall–Kier alpha value is -0.990. The summed E-state index contributed by atoms with van der Waals surface area (Å²) >= 11 is 0. The Morgan fingerprint density at radius 2 is 2.14 bits per heavy atom. The van der Waals surface area contributed by atoms with E-state index in [9.17, 15) is 0 Å². The minimum Gasteiger partial charge on any atom is -0.366 e. The van der Waals surface area contributed by atoms with E-state index in [4.69, 9.17) is 0 Å². The smallest absolute Gasteiger partial charge is 0.148 e. The molecule has 1 aliphatic carbocycles. The van der Waals surface area contributed by atoms with E-state index in [0.717, 1.165) is 11.7 Å². The van der Waals surface area contributed by atoms with Crippen LogP contribution in [0.5, 0.6) is 0 Å². The lowest BCUT2D eigenvalue weighted by atomic mass is 10.2. The third-order valence-electron chi connectivity index (χ3n) is 2.84. The minimum absolute atomic E-state index is 0.446. The summed E-state index contributed by atoms with van der Waals surface area (Å²) in [6.07, 6.45) is 4.78. The first-order valence-corrected chi connectivity index (χ1v) is 5.48. The van der Waals surface area contributed by atoms with Crippen molar-refractivity contribution >= 4 is 5.82 Å². The number of aromatic nitrogens is 2. The van der Waals surface area contributed by atoms with Gasteiger partial charge in [-0.2, -0.15) is 5.10 Å². The van der Waals surface area contributed by atoms with Gasteiger partial charge in [0.2, 0.25) is 0 Å². The fourth-order valence-corrected chi connectivity index (χ4v) is 1.65. The van der Waals surface area contributed by atoms with Gasteiger partial charge in [0.15, 0.2) is 0 Å². The van der Waals surface area contributed by atoms with Crippen molar-refractivity contribution in [2.45, 2.75) is 45.7 Å². The molecule has 1 heterocycles. The molecule has 78 valence electrons. The Balaban J connectivity index is 1.95. The summed E-state index contributed by atoms with van der Waals surface area (Å²) in [5.74, 6) is 1.89. The molecule has 1 N–H and O–H groups in total. The molecule has 1 aromatic heterocycles. The largest absolute Gasteiger partial charge is 0.366 e. The van der Waals surface area contributed by atoms with Gasteiger partial charge in [0.1, 0.15) is 5.82 Å². The average molecular weight is 193 g/mol. The molecule has 1 saturated carbocycles. The van der Waals surface area contributed by atoms with Crippen molar-refractivity contribution in [3.05, 3.63) is 12.3 Å². The summed E-state index contributed by atoms with van der Waals surface area (Å²) in [5.41, 5.74) is 0. The highest BCUT2D eigenvalue weighted by Gasteiger charge is 2.28. The van der Waals surface area contributed by atoms with E-state index in [2.05, 4.69) is 37.3 Å². The molecule has 1 aliphatic rings. The Morgan fingerprint density at radius 1 is 1.43 bits per heavy atom. The number of hydrogen-bond acceptors (Lipinski definition) is 2. The van der Waals surface area contributed by atoms with E-state index in [-0.39, 0.29) is 0 Å². The van der Waals surface area contributed by atoms with Gasteiger partial charge in [0.05, 0.1) is 0 Å². The van der Waals surface area contributed by atoms with E-state index in [0.29, 0.717) is 12.1 Å². The maximum atomic E-state index is 4.47. The van der Waals surface area contributed by atoms with Crippen LogP contribution in [0.2, 0.25) is 0 Å². The maximum Gasteiger partial charge on any atom is 0.148 e. The van der Waals surface area contributed by atoms with Crippen molar-refractivity contribution in [3.63, 3.8) is 0 Å². The first-order valence-electron chi connectivity index (χ1n) is 5.48. The number of nitrogens with zero attached hydrogens (tertiary/aromatic N) is 2. The van der Waals surface area contributed by atoms with E-state index in [1.54, 1.807) is 0 Å². The molecule has 14 heavy (non-hydrogen) atoms. The highest BCUT2D eigenvalue weighted by Crippen LogP contribution is 2.33. The van der Waals surface area contributed by atoms with Crippen LogP contribution in [-0.2, 0) is 0 Å². The summed E-state index contributed by atoms with van der Waals surface area (Å²) in [4.78, 5) is 0. The van der Waals surface area contributed by atoms with E-state index in [1.165, 1.54) is 12.8 Å². The topological polar surface area (TPSA) is 29.9 Å². The highest BCUT2D eigenvalue weighted by atomic mass is 15.3. The van der Waals surface area contributed by atoms with Crippen LogP contribution in [0.25, 0.3) is 0 Å². The molecule has 1 fully saturated rings. The van der Waals surface area contributed by atoms with Crippen LogP contribution in [0, 0.1) is 5.92 Å². The molecule has 3 heteroatoms. The van der Waals surface area contributed by atoms with Crippen LogP contribution in [0.4, 0.5) is 5.82 Å². The van der Waals surface area contributed by atoms with Gasteiger partial charge in [0, 0.05) is 24.3 Å². The van der Waals surface area contributed by atoms with Crippen LogP contribution in [0.15, 0.2) is 12.3 Å². The monoisotopic (exact) mass is 193 g/mol. The zero-order valence-corrected chi connectivity index (χ0v) is 9.20. The predicted octanol–water partition coefficient (Wildman–Crippen LogP) is 2.67. The second kappa shape index (κ2) is 3.64. The zero-order valence-electron chi connectivity index (χ0n) is 9.20. The molecule has 0 amide bonds. The second-order valence-electron chi connectivity index (χ2n) is 4.55. The van der Waals surface area contributed by atoms with Crippen molar-refractivity contribution < 1.29 is 0 Å². The van der Waals surface area contributed by atoms with Crippen LogP contribution >= 0.6 is 0 Å². The van der Waals surface area contributed by atoms with Gasteiger partial charge < -0.3 is 5.32 Å². The van der Waals surface area contributed by atoms with Gasteiger partial charge in [-0.25, -0.2) is 0 Å². The number of rotatable bonds is 4. The molecule has 3 nitrogen and oxygen atoms in total. The van der Waals surface area contributed by atoms with Crippen LogP contribution in [0.3, 0.4) is 0 Å². The fraction of sp³-hybridized carbons (Fsp3) is 0.727. The summed E-state index contributed by atoms with van der Waals surface area (Å²) in [7, 11) is 0. The third kappa shape index (κ3) is 2.08. The molecule has 1 atom stereocenters. The molecule has 0 radical (unpaired) electrons. The Labute approximate surface area is 85.5 Å². The van der Waals surface area contributed by atoms with Crippen molar-refractivity contribution in [1.82, 2.24) is 9.78 Å². The Kier molecular flexibility index (Phi) is 2.48. The molecule has 0 aliphatic heterocycles. The molecular weight excluding hydrogens is 174 g/mol. The van der Waals surface area contributed by atoms with Crippen molar-refractivity contribution in [2.24, 2.45) is 5.92 Å². The molecule has 2 rings (SSSR count). The first kappa shape index (κ1) is 9.56. The van der Waals surface area contributed by atoms with Crippen molar-refractivity contribution in [3.8, 4) is 0 Å². The summed E-state index contributed by atoms with van der Waals surface area (Å²) in [6, 6.07) is 3.08. The van der Waals surface area contributed by atoms with E-state index in [1.807, 2.05) is 10.9 Å². The van der Waals surface area contributed by atoms with E-state index < -0.39 is 0 Å². The van der Waals surface area contributed by atoms with Gasteiger partial charge in [-0.3, -0.25) is 4.68 Å². The lowest BCUT2D eigenvalue weighted by Gasteiger charge is -2.11. The molecule has 1 unspecified atom stereocenters. The second-order valence-corrected chi connectivity index (χ2v) is 4.55. The summed E-state index contributed by atoms with van der Waals surface area (Å²) in [6.45, 7) is 6.52. The van der Waals surface area contributed by atoms with Crippen LogP contribution < -0.4 is 5.32 Å². The molecule has 1 aromatic rings. The molecular formula is C11H19N3. The van der Waals surface area contributed by atoms with Crippen LogP contribution in [0.1, 0.15) is 39.7 Å². The van der Waals surface area contributed by atoms with Crippen molar-refractivity contribution in [1.29, 1.82) is 0 Å². The van der Waals surface area contributed by atoms with Crippen molar-refractivity contribution in [2.75, 3.05) is 5.32 Å². The summed E-state index contributed by atoms with van der Waals surface area (Å²) < 4.78 is 1.99. The Morgan fingerprint density at radius 3 is 2.64 bits per heavy atom. The summed E-state index contributed by atoms with van der Waals surface area (Å²) in [5, 5.41) is 7.91. The molecule has 0 spiro atoms. The third-order valence-corrected chi connectivity index (χ3v) is 2.84. The van der Waals surface area contributed by atoms with Gasteiger partial charge in [-0.15, -0.1) is 0 Å². The first-order chi connectivity index (χ1) is 6.66. The van der Waals surface area contributed by atoms with Gasteiger partial charge in [-0.1, -0.05) is 0 Å². The van der Waals surface area contributed by atoms with Gasteiger partial charge >= 0.3 is 0 Å². The fourth-order valence-electron chi connectivity index (χ4n) is 1.65. The van der Waals surface area contributed by atoms with E-state index >= 15 is 0 Å².